The van der Waals surface area contributed by atoms with E-state index in [4.69, 9.17) is 4.52 Å². The number of aryl methyl sites for hydroxylation is 1. The molecule has 138 valence electrons. The van der Waals surface area contributed by atoms with Gasteiger partial charge in [-0.25, -0.2) is 0 Å². The normalized spacial score (nSPS) is 15.3. The molecule has 0 bridgehead atoms. The first-order valence-electron chi connectivity index (χ1n) is 9.01. The Morgan fingerprint density at radius 3 is 2.92 bits per heavy atom. The van der Waals surface area contributed by atoms with Crippen LogP contribution in [0.2, 0.25) is 0 Å². The summed E-state index contributed by atoms with van der Waals surface area (Å²) in [6.45, 7) is 5.25. The number of nitrogens with one attached hydrogen (secondary N) is 1. The number of carbonyl (C=O) groups excluding carboxylic acids is 2. The van der Waals surface area contributed by atoms with Crippen LogP contribution in [0.15, 0.2) is 28.8 Å². The minimum absolute atomic E-state index is 0.0835. The second-order valence-electron chi connectivity index (χ2n) is 6.65. The van der Waals surface area contributed by atoms with Gasteiger partial charge in [0.15, 0.2) is 0 Å². The van der Waals surface area contributed by atoms with Crippen LogP contribution in [0.4, 0.5) is 0 Å². The number of hydrogen-bond donors (Lipinski definition) is 1. The monoisotopic (exact) mass is 356 g/mol. The molecule has 0 spiro atoms. The van der Waals surface area contributed by atoms with Crippen molar-refractivity contribution >= 4 is 11.8 Å². The molecule has 0 radical (unpaired) electrons. The molecule has 1 unspecified atom stereocenters. The summed E-state index contributed by atoms with van der Waals surface area (Å²) in [4.78, 5) is 29.9. The minimum atomic E-state index is -0.360. The van der Waals surface area contributed by atoms with E-state index in [0.29, 0.717) is 37.5 Å². The molecule has 1 saturated heterocycles. The van der Waals surface area contributed by atoms with Gasteiger partial charge in [0.05, 0.1) is 0 Å². The molecule has 26 heavy (non-hydrogen) atoms. The predicted octanol–water partition coefficient (Wildman–Crippen LogP) is 2.62. The lowest BCUT2D eigenvalue weighted by molar-refractivity contribution is -0.128. The number of benzene rings is 1. The Balaban J connectivity index is 1.50. The maximum absolute atomic E-state index is 12.1. The van der Waals surface area contributed by atoms with Crippen molar-refractivity contribution in [2.75, 3.05) is 13.1 Å². The Morgan fingerprint density at radius 1 is 1.38 bits per heavy atom. The molecular weight excluding hydrogens is 332 g/mol. The van der Waals surface area contributed by atoms with Crippen molar-refractivity contribution in [1.82, 2.24) is 20.4 Å². The number of hydrogen-bond acceptors (Lipinski definition) is 5. The molecule has 1 aliphatic rings. The van der Waals surface area contributed by atoms with Gasteiger partial charge in [-0.3, -0.25) is 9.59 Å². The lowest BCUT2D eigenvalue weighted by atomic mass is 10.1. The molecule has 1 aromatic heterocycles. The van der Waals surface area contributed by atoms with Crippen LogP contribution in [0, 0.1) is 6.92 Å². The molecule has 7 heteroatoms. The maximum atomic E-state index is 12.1. The Morgan fingerprint density at radius 2 is 2.19 bits per heavy atom. The summed E-state index contributed by atoms with van der Waals surface area (Å²) in [6, 6.07) is 7.45. The van der Waals surface area contributed by atoms with Crippen molar-refractivity contribution in [2.24, 2.45) is 0 Å². The fourth-order valence-corrected chi connectivity index (χ4v) is 3.09. The number of nitrogens with zero attached hydrogens (tertiary/aromatic N) is 3. The van der Waals surface area contributed by atoms with E-state index in [2.05, 4.69) is 15.5 Å². The average molecular weight is 356 g/mol. The van der Waals surface area contributed by atoms with Crippen molar-refractivity contribution in [3.63, 3.8) is 0 Å². The molecule has 7 nitrogen and oxygen atoms in total. The number of amides is 2. The Labute approximate surface area is 152 Å². The lowest BCUT2D eigenvalue weighted by Crippen LogP contribution is -2.29. The highest BCUT2D eigenvalue weighted by atomic mass is 16.5. The summed E-state index contributed by atoms with van der Waals surface area (Å²) in [5, 5.41) is 6.89. The zero-order valence-electron chi connectivity index (χ0n) is 15.2. The number of rotatable bonds is 7. The van der Waals surface area contributed by atoms with Crippen LogP contribution in [-0.2, 0) is 9.59 Å². The molecule has 1 aromatic carbocycles. The Kier molecular flexibility index (Phi) is 5.65. The molecule has 0 saturated carbocycles. The molecule has 2 aromatic rings. The molecular formula is C19H24N4O3. The number of aromatic nitrogens is 2. The summed E-state index contributed by atoms with van der Waals surface area (Å²) < 4.78 is 5.31. The maximum Gasteiger partial charge on any atom is 0.249 e. The fraction of sp³-hybridized carbons (Fsp3) is 0.474. The van der Waals surface area contributed by atoms with Crippen LogP contribution in [0.1, 0.15) is 50.1 Å². The number of carbonyl (C=O) groups is 2. The van der Waals surface area contributed by atoms with Gasteiger partial charge < -0.3 is 14.7 Å². The van der Waals surface area contributed by atoms with Crippen molar-refractivity contribution < 1.29 is 14.1 Å². The molecule has 0 aliphatic carbocycles. The molecule has 1 atom stereocenters. The van der Waals surface area contributed by atoms with Crippen molar-refractivity contribution in [3.8, 4) is 11.4 Å². The zero-order valence-corrected chi connectivity index (χ0v) is 15.2. The van der Waals surface area contributed by atoms with Crippen LogP contribution in [0.5, 0.6) is 0 Å². The van der Waals surface area contributed by atoms with E-state index in [1.807, 2.05) is 43.0 Å². The van der Waals surface area contributed by atoms with Gasteiger partial charge in [0.25, 0.3) is 0 Å². The van der Waals surface area contributed by atoms with Crippen LogP contribution in [0.3, 0.4) is 0 Å². The fourth-order valence-electron chi connectivity index (χ4n) is 3.09. The van der Waals surface area contributed by atoms with E-state index in [-0.39, 0.29) is 17.9 Å². The first-order chi connectivity index (χ1) is 12.5. The lowest BCUT2D eigenvalue weighted by Gasteiger charge is -2.15. The average Bonchev–Trinajstić information content (AvgIpc) is 3.25. The van der Waals surface area contributed by atoms with Gasteiger partial charge in [-0.1, -0.05) is 29.4 Å². The van der Waals surface area contributed by atoms with Gasteiger partial charge in [-0.2, -0.15) is 4.98 Å². The summed E-state index contributed by atoms with van der Waals surface area (Å²) >= 11 is 0. The van der Waals surface area contributed by atoms with E-state index < -0.39 is 0 Å². The van der Waals surface area contributed by atoms with Crippen LogP contribution in [0.25, 0.3) is 11.4 Å². The summed E-state index contributed by atoms with van der Waals surface area (Å²) in [5.74, 6) is 1.01. The predicted molar refractivity (Wildman–Crippen MR) is 96.1 cm³/mol. The quantitative estimate of drug-likeness (QED) is 0.824. The highest BCUT2D eigenvalue weighted by Gasteiger charge is 2.21. The second-order valence-corrected chi connectivity index (χ2v) is 6.65. The van der Waals surface area contributed by atoms with E-state index >= 15 is 0 Å². The van der Waals surface area contributed by atoms with Crippen molar-refractivity contribution in [2.45, 2.75) is 45.6 Å². The summed E-state index contributed by atoms with van der Waals surface area (Å²) in [6.07, 6.45) is 2.57. The molecule has 1 fully saturated rings. The van der Waals surface area contributed by atoms with Crippen molar-refractivity contribution in [1.29, 1.82) is 0 Å². The summed E-state index contributed by atoms with van der Waals surface area (Å²) in [7, 11) is 0. The van der Waals surface area contributed by atoms with Gasteiger partial charge in [-0.05, 0) is 32.3 Å². The number of likely N-dealkylation sites (tertiary alicyclic amines) is 1. The first kappa shape index (κ1) is 18.1. The molecule has 2 heterocycles. The van der Waals surface area contributed by atoms with Gasteiger partial charge >= 0.3 is 0 Å². The third-order valence-electron chi connectivity index (χ3n) is 4.58. The van der Waals surface area contributed by atoms with Gasteiger partial charge in [0, 0.05) is 31.5 Å². The second kappa shape index (κ2) is 8.12. The van der Waals surface area contributed by atoms with Gasteiger partial charge in [0.2, 0.25) is 23.5 Å². The SMILES string of the molecule is Cc1ccccc1-c1noc(C(C)NC(=O)CCCN2CCCC2=O)n1. The van der Waals surface area contributed by atoms with Gasteiger partial charge in [0.1, 0.15) is 6.04 Å². The van der Waals surface area contributed by atoms with Crippen molar-refractivity contribution in [3.05, 3.63) is 35.7 Å². The first-order valence-corrected chi connectivity index (χ1v) is 9.01. The molecule has 1 aliphatic heterocycles. The standard InChI is InChI=1S/C19H24N4O3/c1-13-7-3-4-8-15(13)18-21-19(26-22-18)14(2)20-16(24)9-5-11-23-12-6-10-17(23)25/h3-4,7-8,14H,5-6,9-12H2,1-2H3,(H,20,24). The third-order valence-corrected chi connectivity index (χ3v) is 4.58. The van der Waals surface area contributed by atoms with Gasteiger partial charge in [-0.15, -0.1) is 0 Å². The zero-order chi connectivity index (χ0) is 18.5. The van der Waals surface area contributed by atoms with E-state index in [1.165, 1.54) is 0 Å². The third kappa shape index (κ3) is 4.28. The topological polar surface area (TPSA) is 88.3 Å². The van der Waals surface area contributed by atoms with Crippen LogP contribution >= 0.6 is 0 Å². The molecule has 1 N–H and O–H groups in total. The molecule has 3 rings (SSSR count). The minimum Gasteiger partial charge on any atom is -0.345 e. The van der Waals surface area contributed by atoms with E-state index in [0.717, 1.165) is 24.1 Å². The van der Waals surface area contributed by atoms with E-state index in [1.54, 1.807) is 0 Å². The van der Waals surface area contributed by atoms with E-state index in [9.17, 15) is 9.59 Å². The highest BCUT2D eigenvalue weighted by Crippen LogP contribution is 2.21. The molecule has 2 amide bonds. The Hall–Kier alpha value is -2.70. The largest absolute Gasteiger partial charge is 0.345 e. The highest BCUT2D eigenvalue weighted by molar-refractivity contribution is 5.78. The van der Waals surface area contributed by atoms with Crippen LogP contribution in [-0.4, -0.2) is 39.9 Å². The van der Waals surface area contributed by atoms with Crippen LogP contribution < -0.4 is 5.32 Å². The smallest absolute Gasteiger partial charge is 0.249 e. The summed E-state index contributed by atoms with van der Waals surface area (Å²) in [5.41, 5.74) is 1.98. The Bertz CT molecular complexity index is 787.